The molecule has 0 aliphatic rings. The lowest BCUT2D eigenvalue weighted by atomic mass is 10.1. The van der Waals surface area contributed by atoms with Crippen LogP contribution >= 0.6 is 23.4 Å². The van der Waals surface area contributed by atoms with Gasteiger partial charge in [0.1, 0.15) is 28.3 Å². The fraction of sp³-hybridized carbons (Fsp3) is 0.263. The molecule has 0 radical (unpaired) electrons. The standard InChI is InChI=1S/C19H17ClN4O2S/c1-3-26-17-15(8-21)18(20)24-19(16(17)9-22)27-11-14-6-4-13(5-7-14)10-23-12(2)25/h4-7H,3,10-11H2,1-2H3,(H,23,25). The molecule has 0 saturated carbocycles. The van der Waals surface area contributed by atoms with Gasteiger partial charge < -0.3 is 10.1 Å². The lowest BCUT2D eigenvalue weighted by molar-refractivity contribution is -0.119. The van der Waals surface area contributed by atoms with E-state index in [1.807, 2.05) is 30.3 Å². The molecule has 1 heterocycles. The maximum absolute atomic E-state index is 11.0. The van der Waals surface area contributed by atoms with Gasteiger partial charge in [-0.2, -0.15) is 10.5 Å². The lowest BCUT2D eigenvalue weighted by Crippen LogP contribution is -2.18. The Labute approximate surface area is 167 Å². The minimum Gasteiger partial charge on any atom is -0.491 e. The van der Waals surface area contributed by atoms with Gasteiger partial charge in [0.2, 0.25) is 5.91 Å². The molecule has 27 heavy (non-hydrogen) atoms. The van der Waals surface area contributed by atoms with Crippen molar-refractivity contribution < 1.29 is 9.53 Å². The van der Waals surface area contributed by atoms with Crippen molar-refractivity contribution in [2.24, 2.45) is 0 Å². The predicted molar refractivity (Wildman–Crippen MR) is 103 cm³/mol. The fourth-order valence-corrected chi connectivity index (χ4v) is 3.43. The number of halogens is 1. The molecule has 2 aromatic rings. The average molecular weight is 401 g/mol. The molecular formula is C19H17ClN4O2S. The Morgan fingerprint density at radius 3 is 2.41 bits per heavy atom. The molecule has 0 unspecified atom stereocenters. The second-order valence-corrected chi connectivity index (χ2v) is 6.78. The predicted octanol–water partition coefficient (Wildman–Crippen LogP) is 3.81. The molecule has 0 fully saturated rings. The number of rotatable bonds is 7. The SMILES string of the molecule is CCOc1c(C#N)c(Cl)nc(SCc2ccc(CNC(C)=O)cc2)c1C#N. The highest BCUT2D eigenvalue weighted by molar-refractivity contribution is 7.98. The molecule has 6 nitrogen and oxygen atoms in total. The Hall–Kier alpha value is -2.74. The normalized spacial score (nSPS) is 9.96. The summed E-state index contributed by atoms with van der Waals surface area (Å²) in [6.07, 6.45) is 0. The van der Waals surface area contributed by atoms with E-state index in [9.17, 15) is 15.3 Å². The molecule has 8 heteroatoms. The zero-order chi connectivity index (χ0) is 19.8. The number of pyridine rings is 1. The number of hydrogen-bond acceptors (Lipinski definition) is 6. The van der Waals surface area contributed by atoms with Crippen LogP contribution in [0.4, 0.5) is 0 Å². The van der Waals surface area contributed by atoms with E-state index in [-0.39, 0.29) is 27.9 Å². The molecule has 0 saturated heterocycles. The number of aromatic nitrogens is 1. The summed E-state index contributed by atoms with van der Waals surface area (Å²) in [5.41, 5.74) is 2.30. The minimum absolute atomic E-state index is 0.0214. The van der Waals surface area contributed by atoms with E-state index in [1.54, 1.807) is 6.92 Å². The number of benzene rings is 1. The summed E-state index contributed by atoms with van der Waals surface area (Å²) in [4.78, 5) is 15.2. The Bertz CT molecular complexity index is 917. The van der Waals surface area contributed by atoms with Gasteiger partial charge in [-0.25, -0.2) is 4.98 Å². The van der Waals surface area contributed by atoms with Gasteiger partial charge in [-0.15, -0.1) is 11.8 Å². The van der Waals surface area contributed by atoms with Gasteiger partial charge in [0.15, 0.2) is 10.9 Å². The number of nitrogens with one attached hydrogen (secondary N) is 1. The van der Waals surface area contributed by atoms with Gasteiger partial charge in [-0.05, 0) is 18.1 Å². The van der Waals surface area contributed by atoms with Crippen molar-refractivity contribution in [2.45, 2.75) is 31.2 Å². The topological polar surface area (TPSA) is 98.8 Å². The maximum Gasteiger partial charge on any atom is 0.217 e. The van der Waals surface area contributed by atoms with Crippen molar-refractivity contribution in [3.05, 3.63) is 51.7 Å². The summed E-state index contributed by atoms with van der Waals surface area (Å²) in [5.74, 6) is 0.666. The van der Waals surface area contributed by atoms with Crippen LogP contribution in [0.2, 0.25) is 5.15 Å². The van der Waals surface area contributed by atoms with Crippen molar-refractivity contribution in [1.82, 2.24) is 10.3 Å². The van der Waals surface area contributed by atoms with Crippen molar-refractivity contribution >= 4 is 29.3 Å². The summed E-state index contributed by atoms with van der Waals surface area (Å²) in [6.45, 7) is 4.03. The highest BCUT2D eigenvalue weighted by Gasteiger charge is 2.20. The second-order valence-electron chi connectivity index (χ2n) is 5.46. The molecule has 1 amide bonds. The van der Waals surface area contributed by atoms with Gasteiger partial charge >= 0.3 is 0 Å². The van der Waals surface area contributed by atoms with Crippen LogP contribution < -0.4 is 10.1 Å². The molecule has 0 bridgehead atoms. The quantitative estimate of drug-likeness (QED) is 0.560. The van der Waals surface area contributed by atoms with Crippen LogP contribution in [-0.2, 0) is 17.1 Å². The lowest BCUT2D eigenvalue weighted by Gasteiger charge is -2.12. The van der Waals surface area contributed by atoms with Crippen molar-refractivity contribution in [2.75, 3.05) is 6.61 Å². The molecule has 2 rings (SSSR count). The number of amides is 1. The van der Waals surface area contributed by atoms with E-state index < -0.39 is 0 Å². The third-order valence-corrected chi connectivity index (χ3v) is 4.85. The number of carbonyl (C=O) groups is 1. The van der Waals surface area contributed by atoms with Crippen LogP contribution in [0.15, 0.2) is 29.3 Å². The van der Waals surface area contributed by atoms with Gasteiger partial charge in [-0.1, -0.05) is 35.9 Å². The monoisotopic (exact) mass is 400 g/mol. The smallest absolute Gasteiger partial charge is 0.217 e. The van der Waals surface area contributed by atoms with Crippen molar-refractivity contribution in [3.8, 4) is 17.9 Å². The van der Waals surface area contributed by atoms with Crippen LogP contribution in [0.5, 0.6) is 5.75 Å². The van der Waals surface area contributed by atoms with E-state index in [0.717, 1.165) is 11.1 Å². The summed E-state index contributed by atoms with van der Waals surface area (Å²) in [5, 5.41) is 21.9. The van der Waals surface area contributed by atoms with Crippen LogP contribution in [0.1, 0.15) is 36.1 Å². The molecule has 1 N–H and O–H groups in total. The largest absolute Gasteiger partial charge is 0.491 e. The minimum atomic E-state index is -0.0764. The zero-order valence-corrected chi connectivity index (χ0v) is 16.4. The second kappa shape index (κ2) is 9.82. The number of thioether (sulfide) groups is 1. The van der Waals surface area contributed by atoms with E-state index >= 15 is 0 Å². The van der Waals surface area contributed by atoms with Gasteiger partial charge in [0.25, 0.3) is 0 Å². The van der Waals surface area contributed by atoms with E-state index in [1.165, 1.54) is 18.7 Å². The number of nitrogens with zero attached hydrogens (tertiary/aromatic N) is 3. The number of carbonyl (C=O) groups excluding carboxylic acids is 1. The van der Waals surface area contributed by atoms with Crippen LogP contribution in [0.25, 0.3) is 0 Å². The number of hydrogen-bond donors (Lipinski definition) is 1. The Morgan fingerprint density at radius 1 is 1.22 bits per heavy atom. The molecule has 1 aromatic carbocycles. The van der Waals surface area contributed by atoms with E-state index in [0.29, 0.717) is 23.9 Å². The first kappa shape index (κ1) is 20.6. The summed E-state index contributed by atoms with van der Waals surface area (Å²) in [7, 11) is 0. The zero-order valence-electron chi connectivity index (χ0n) is 14.9. The molecule has 0 aliphatic carbocycles. The van der Waals surface area contributed by atoms with Crippen LogP contribution in [-0.4, -0.2) is 17.5 Å². The highest BCUT2D eigenvalue weighted by atomic mass is 35.5. The Kier molecular flexibility index (Phi) is 7.48. The Morgan fingerprint density at radius 2 is 1.85 bits per heavy atom. The third-order valence-electron chi connectivity index (χ3n) is 3.53. The van der Waals surface area contributed by atoms with Crippen molar-refractivity contribution in [1.29, 1.82) is 10.5 Å². The molecule has 0 spiro atoms. The fourth-order valence-electron chi connectivity index (χ4n) is 2.24. The van der Waals surface area contributed by atoms with E-state index in [4.69, 9.17) is 16.3 Å². The van der Waals surface area contributed by atoms with E-state index in [2.05, 4.69) is 16.4 Å². The average Bonchev–Trinajstić information content (AvgIpc) is 2.66. The van der Waals surface area contributed by atoms with Crippen LogP contribution in [0.3, 0.4) is 0 Å². The highest BCUT2D eigenvalue weighted by Crippen LogP contribution is 2.36. The number of ether oxygens (including phenoxy) is 1. The molecule has 0 atom stereocenters. The third kappa shape index (κ3) is 5.37. The van der Waals surface area contributed by atoms with Gasteiger partial charge in [0.05, 0.1) is 6.61 Å². The van der Waals surface area contributed by atoms with Crippen LogP contribution in [0, 0.1) is 22.7 Å². The first-order valence-electron chi connectivity index (χ1n) is 8.11. The molecule has 1 aromatic heterocycles. The van der Waals surface area contributed by atoms with Gasteiger partial charge in [-0.3, -0.25) is 4.79 Å². The molecular weight excluding hydrogens is 384 g/mol. The summed E-state index contributed by atoms with van der Waals surface area (Å²) < 4.78 is 5.47. The molecule has 138 valence electrons. The van der Waals surface area contributed by atoms with Gasteiger partial charge in [0, 0.05) is 19.2 Å². The Balaban J connectivity index is 2.19. The maximum atomic E-state index is 11.0. The summed E-state index contributed by atoms with van der Waals surface area (Å²) >= 11 is 7.44. The summed E-state index contributed by atoms with van der Waals surface area (Å²) in [6, 6.07) is 11.8. The first-order chi connectivity index (χ1) is 13.0. The van der Waals surface area contributed by atoms with Crippen molar-refractivity contribution in [3.63, 3.8) is 0 Å². The first-order valence-corrected chi connectivity index (χ1v) is 9.48. The number of nitriles is 2. The molecule has 0 aliphatic heterocycles.